The van der Waals surface area contributed by atoms with Gasteiger partial charge in [0, 0.05) is 37.1 Å². The number of thiophene rings is 1. The minimum Gasteiger partial charge on any atom is -0.391 e. The molecule has 1 saturated heterocycles. The minimum absolute atomic E-state index is 0.172. The summed E-state index contributed by atoms with van der Waals surface area (Å²) in [7, 11) is 0. The van der Waals surface area contributed by atoms with E-state index < -0.39 is 0 Å². The highest BCUT2D eigenvalue weighted by Gasteiger charge is 2.33. The standard InChI is InChI=1S/C17H26N2O2S/c1-3-15-12(2)11-16(22-15)17(21)19-9-7-18(8-10-19)13-5-4-6-14(13)20/h11,13-14,20H,3-10H2,1-2H3/t13-,14-/m1/s1. The lowest BCUT2D eigenvalue weighted by Crippen LogP contribution is -2.53. The van der Waals surface area contributed by atoms with Crippen molar-refractivity contribution < 1.29 is 9.90 Å². The molecule has 122 valence electrons. The fourth-order valence-electron chi connectivity index (χ4n) is 3.74. The SMILES string of the molecule is CCc1sc(C(=O)N2CCN([C@@H]3CCC[C@H]3O)CC2)cc1C. The zero-order valence-corrected chi connectivity index (χ0v) is 14.4. The van der Waals surface area contributed by atoms with Gasteiger partial charge in [0.25, 0.3) is 5.91 Å². The molecule has 1 aliphatic heterocycles. The largest absolute Gasteiger partial charge is 0.391 e. The van der Waals surface area contributed by atoms with E-state index >= 15 is 0 Å². The van der Waals surface area contributed by atoms with E-state index in [-0.39, 0.29) is 12.0 Å². The summed E-state index contributed by atoms with van der Waals surface area (Å²) in [6.45, 7) is 7.56. The molecule has 1 aromatic heterocycles. The Balaban J connectivity index is 1.59. The molecular formula is C17H26N2O2S. The summed E-state index contributed by atoms with van der Waals surface area (Å²) in [5.74, 6) is 0.180. The molecule has 5 heteroatoms. The van der Waals surface area contributed by atoms with Crippen molar-refractivity contribution in [2.45, 2.75) is 51.7 Å². The molecule has 1 aliphatic carbocycles. The number of nitrogens with zero attached hydrogens (tertiary/aromatic N) is 2. The molecule has 1 N–H and O–H groups in total. The second-order valence-electron chi connectivity index (χ2n) is 6.46. The Morgan fingerprint density at radius 1 is 1.32 bits per heavy atom. The van der Waals surface area contributed by atoms with Gasteiger partial charge in [0.05, 0.1) is 11.0 Å². The van der Waals surface area contributed by atoms with Crippen molar-refractivity contribution in [2.75, 3.05) is 26.2 Å². The molecule has 2 fully saturated rings. The second-order valence-corrected chi connectivity index (χ2v) is 7.60. The molecule has 1 aromatic rings. The summed E-state index contributed by atoms with van der Waals surface area (Å²) in [4.78, 5) is 19.2. The third-order valence-corrected chi connectivity index (χ3v) is 6.44. The maximum Gasteiger partial charge on any atom is 0.264 e. The Morgan fingerprint density at radius 2 is 2.05 bits per heavy atom. The maximum absolute atomic E-state index is 12.6. The monoisotopic (exact) mass is 322 g/mol. The van der Waals surface area contributed by atoms with Crippen molar-refractivity contribution in [1.29, 1.82) is 0 Å². The number of hydrogen-bond acceptors (Lipinski definition) is 4. The van der Waals surface area contributed by atoms with Crippen molar-refractivity contribution in [3.05, 3.63) is 21.4 Å². The average molecular weight is 322 g/mol. The quantitative estimate of drug-likeness (QED) is 0.928. The van der Waals surface area contributed by atoms with E-state index in [4.69, 9.17) is 0 Å². The number of piperazine rings is 1. The highest BCUT2D eigenvalue weighted by atomic mass is 32.1. The van der Waals surface area contributed by atoms with Gasteiger partial charge < -0.3 is 10.0 Å². The van der Waals surface area contributed by atoms with E-state index in [1.165, 1.54) is 10.4 Å². The Labute approximate surface area is 136 Å². The summed E-state index contributed by atoms with van der Waals surface area (Å²) in [6, 6.07) is 2.35. The number of aliphatic hydroxyl groups excluding tert-OH is 1. The first-order valence-electron chi connectivity index (χ1n) is 8.41. The van der Waals surface area contributed by atoms with Crippen molar-refractivity contribution in [3.8, 4) is 0 Å². The van der Waals surface area contributed by atoms with Gasteiger partial charge in [0.2, 0.25) is 0 Å². The van der Waals surface area contributed by atoms with E-state index in [1.807, 2.05) is 11.0 Å². The zero-order valence-electron chi connectivity index (χ0n) is 13.5. The summed E-state index contributed by atoms with van der Waals surface area (Å²) >= 11 is 1.64. The summed E-state index contributed by atoms with van der Waals surface area (Å²) in [6.07, 6.45) is 3.97. The molecule has 3 rings (SSSR count). The molecule has 0 radical (unpaired) electrons. The molecule has 0 unspecified atom stereocenters. The van der Waals surface area contributed by atoms with E-state index in [0.29, 0.717) is 6.04 Å². The van der Waals surface area contributed by atoms with Gasteiger partial charge in [0.1, 0.15) is 0 Å². The van der Waals surface area contributed by atoms with Gasteiger partial charge in [0.15, 0.2) is 0 Å². The number of rotatable bonds is 3. The second kappa shape index (κ2) is 6.69. The smallest absolute Gasteiger partial charge is 0.264 e. The van der Waals surface area contributed by atoms with Crippen LogP contribution in [-0.2, 0) is 6.42 Å². The van der Waals surface area contributed by atoms with Gasteiger partial charge >= 0.3 is 0 Å². The fraction of sp³-hybridized carbons (Fsp3) is 0.706. The highest BCUT2D eigenvalue weighted by molar-refractivity contribution is 7.14. The average Bonchev–Trinajstić information content (AvgIpc) is 3.12. The molecule has 1 amide bonds. The molecule has 4 nitrogen and oxygen atoms in total. The van der Waals surface area contributed by atoms with Crippen LogP contribution in [0.1, 0.15) is 46.3 Å². The predicted octanol–water partition coefficient (Wildman–Crippen LogP) is 2.29. The van der Waals surface area contributed by atoms with E-state index in [9.17, 15) is 9.90 Å². The Bertz CT molecular complexity index is 535. The molecule has 0 spiro atoms. The normalized spacial score (nSPS) is 26.6. The zero-order chi connectivity index (χ0) is 15.7. The third kappa shape index (κ3) is 3.07. The number of hydrogen-bond donors (Lipinski definition) is 1. The lowest BCUT2D eigenvalue weighted by Gasteiger charge is -2.39. The van der Waals surface area contributed by atoms with Crippen molar-refractivity contribution in [1.82, 2.24) is 9.80 Å². The lowest BCUT2D eigenvalue weighted by atomic mass is 10.1. The third-order valence-electron chi connectivity index (χ3n) is 5.07. The van der Waals surface area contributed by atoms with Gasteiger partial charge in [-0.1, -0.05) is 6.92 Å². The minimum atomic E-state index is -0.172. The van der Waals surface area contributed by atoms with Crippen molar-refractivity contribution in [2.24, 2.45) is 0 Å². The van der Waals surface area contributed by atoms with Gasteiger partial charge in [-0.05, 0) is 44.2 Å². The predicted molar refractivity (Wildman–Crippen MR) is 89.6 cm³/mol. The maximum atomic E-state index is 12.6. The molecule has 2 atom stereocenters. The van der Waals surface area contributed by atoms with Crippen LogP contribution in [0, 0.1) is 6.92 Å². The van der Waals surface area contributed by atoms with Gasteiger partial charge in [-0.15, -0.1) is 11.3 Å². The topological polar surface area (TPSA) is 43.8 Å². The first-order chi connectivity index (χ1) is 10.6. The Morgan fingerprint density at radius 3 is 2.59 bits per heavy atom. The summed E-state index contributed by atoms with van der Waals surface area (Å²) in [5.41, 5.74) is 1.24. The van der Waals surface area contributed by atoms with Crippen LogP contribution in [0.3, 0.4) is 0 Å². The van der Waals surface area contributed by atoms with Crippen molar-refractivity contribution >= 4 is 17.2 Å². The Kier molecular flexibility index (Phi) is 4.85. The van der Waals surface area contributed by atoms with E-state index in [2.05, 4.69) is 18.7 Å². The molecule has 2 aliphatic rings. The first kappa shape index (κ1) is 16.0. The molecular weight excluding hydrogens is 296 g/mol. The molecule has 2 heterocycles. The number of amides is 1. The van der Waals surface area contributed by atoms with Gasteiger partial charge in [-0.3, -0.25) is 9.69 Å². The fourth-order valence-corrected chi connectivity index (χ4v) is 4.82. The van der Waals surface area contributed by atoms with Gasteiger partial charge in [-0.2, -0.15) is 0 Å². The summed E-state index contributed by atoms with van der Waals surface area (Å²) in [5, 5.41) is 10.0. The van der Waals surface area contributed by atoms with E-state index in [0.717, 1.165) is 56.7 Å². The van der Waals surface area contributed by atoms with Crippen LogP contribution in [0.2, 0.25) is 0 Å². The van der Waals surface area contributed by atoms with Crippen molar-refractivity contribution in [3.63, 3.8) is 0 Å². The summed E-state index contributed by atoms with van der Waals surface area (Å²) < 4.78 is 0. The van der Waals surface area contributed by atoms with Gasteiger partial charge in [-0.25, -0.2) is 0 Å². The molecule has 1 saturated carbocycles. The van der Waals surface area contributed by atoms with Crippen LogP contribution >= 0.6 is 11.3 Å². The molecule has 22 heavy (non-hydrogen) atoms. The number of aliphatic hydroxyl groups is 1. The lowest BCUT2D eigenvalue weighted by molar-refractivity contribution is 0.0318. The highest BCUT2D eigenvalue weighted by Crippen LogP contribution is 2.27. The number of carbonyl (C=O) groups is 1. The van der Waals surface area contributed by atoms with Crippen LogP contribution in [0.5, 0.6) is 0 Å². The van der Waals surface area contributed by atoms with Crippen LogP contribution in [-0.4, -0.2) is 59.1 Å². The number of aryl methyl sites for hydroxylation is 2. The van der Waals surface area contributed by atoms with Crippen LogP contribution in [0.25, 0.3) is 0 Å². The van der Waals surface area contributed by atoms with E-state index in [1.54, 1.807) is 11.3 Å². The first-order valence-corrected chi connectivity index (χ1v) is 9.22. The molecule has 0 bridgehead atoms. The van der Waals surface area contributed by atoms with Crippen LogP contribution < -0.4 is 0 Å². The molecule has 0 aromatic carbocycles. The van der Waals surface area contributed by atoms with Crippen LogP contribution in [0.4, 0.5) is 0 Å². The number of carbonyl (C=O) groups excluding carboxylic acids is 1. The Hall–Kier alpha value is -0.910. The van der Waals surface area contributed by atoms with Crippen LogP contribution in [0.15, 0.2) is 6.07 Å².